The van der Waals surface area contributed by atoms with Crippen LogP contribution in [0.15, 0.2) is 36.4 Å². The Labute approximate surface area is 119 Å². The number of hydrogen-bond donors (Lipinski definition) is 1. The molecule has 0 fully saturated rings. The van der Waals surface area contributed by atoms with E-state index in [0.29, 0.717) is 11.1 Å². The van der Waals surface area contributed by atoms with E-state index in [9.17, 15) is 18.9 Å². The fraction of sp³-hybridized carbons (Fsp3) is 0.143. The summed E-state index contributed by atoms with van der Waals surface area (Å²) >= 11 is 0. The molecule has 0 aromatic heterocycles. The largest absolute Gasteiger partial charge is 0.482 e. The van der Waals surface area contributed by atoms with E-state index < -0.39 is 16.6 Å². The molecular weight excluding hydrogens is 282 g/mol. The molecule has 0 amide bonds. The summed E-state index contributed by atoms with van der Waals surface area (Å²) < 4.78 is 31.2. The summed E-state index contributed by atoms with van der Waals surface area (Å²) in [5.41, 5.74) is 6.29. The van der Waals surface area contributed by atoms with Gasteiger partial charge in [-0.3, -0.25) is 10.1 Å². The minimum Gasteiger partial charge on any atom is -0.482 e. The van der Waals surface area contributed by atoms with Gasteiger partial charge in [0.1, 0.15) is 6.61 Å². The van der Waals surface area contributed by atoms with Gasteiger partial charge in [0.2, 0.25) is 0 Å². The number of nitrogens with zero attached hydrogens (tertiary/aromatic N) is 1. The van der Waals surface area contributed by atoms with E-state index in [-0.39, 0.29) is 24.6 Å². The van der Waals surface area contributed by atoms with Gasteiger partial charge in [0.25, 0.3) is 0 Å². The van der Waals surface area contributed by atoms with Gasteiger partial charge in [0, 0.05) is 12.6 Å². The van der Waals surface area contributed by atoms with Gasteiger partial charge in [-0.15, -0.1) is 0 Å². The number of nitrogens with two attached hydrogens (primary N) is 1. The summed E-state index contributed by atoms with van der Waals surface area (Å²) in [5.74, 6) is -1.93. The molecule has 2 rings (SSSR count). The molecule has 0 atom stereocenters. The van der Waals surface area contributed by atoms with Crippen LogP contribution < -0.4 is 10.5 Å². The van der Waals surface area contributed by atoms with E-state index in [4.69, 9.17) is 10.5 Å². The molecule has 0 radical (unpaired) electrons. The van der Waals surface area contributed by atoms with Crippen LogP contribution in [0.1, 0.15) is 11.1 Å². The fourth-order valence-electron chi connectivity index (χ4n) is 1.74. The summed E-state index contributed by atoms with van der Waals surface area (Å²) in [6, 6.07) is 7.58. The quantitative estimate of drug-likeness (QED) is 0.679. The zero-order valence-corrected chi connectivity index (χ0v) is 10.9. The van der Waals surface area contributed by atoms with Gasteiger partial charge in [-0.1, -0.05) is 12.1 Å². The monoisotopic (exact) mass is 294 g/mol. The first-order valence-electron chi connectivity index (χ1n) is 6.05. The number of halogens is 2. The smallest absolute Gasteiger partial charge is 0.310 e. The Balaban J connectivity index is 2.21. The molecule has 0 spiro atoms. The third-order valence-electron chi connectivity index (χ3n) is 2.83. The van der Waals surface area contributed by atoms with Gasteiger partial charge in [0.15, 0.2) is 17.4 Å². The highest BCUT2D eigenvalue weighted by molar-refractivity contribution is 5.48. The topological polar surface area (TPSA) is 78.4 Å². The number of nitro benzene ring substituents is 1. The Morgan fingerprint density at radius 1 is 1.10 bits per heavy atom. The van der Waals surface area contributed by atoms with Crippen molar-refractivity contribution in [1.29, 1.82) is 0 Å². The maximum absolute atomic E-state index is 13.1. The highest BCUT2D eigenvalue weighted by Gasteiger charge is 2.15. The molecule has 5 nitrogen and oxygen atoms in total. The lowest BCUT2D eigenvalue weighted by atomic mass is 10.2. The number of hydrogen-bond acceptors (Lipinski definition) is 4. The number of benzene rings is 2. The highest BCUT2D eigenvalue weighted by Crippen LogP contribution is 2.28. The third kappa shape index (κ3) is 3.51. The van der Waals surface area contributed by atoms with Gasteiger partial charge < -0.3 is 10.5 Å². The molecule has 2 N–H and O–H groups in total. The number of ether oxygens (including phenoxy) is 1. The van der Waals surface area contributed by atoms with Crippen LogP contribution in [0.5, 0.6) is 5.75 Å². The van der Waals surface area contributed by atoms with Crippen LogP contribution in [0, 0.1) is 21.7 Å². The van der Waals surface area contributed by atoms with E-state index in [2.05, 4.69) is 0 Å². The first-order valence-corrected chi connectivity index (χ1v) is 6.05. The van der Waals surface area contributed by atoms with Gasteiger partial charge in [-0.2, -0.15) is 0 Å². The fourth-order valence-corrected chi connectivity index (χ4v) is 1.74. The second kappa shape index (κ2) is 6.27. The minimum absolute atomic E-state index is 0.0349. The summed E-state index contributed by atoms with van der Waals surface area (Å²) in [5, 5.41) is 10.9. The van der Waals surface area contributed by atoms with Crippen molar-refractivity contribution in [3.8, 4) is 5.75 Å². The summed E-state index contributed by atoms with van der Waals surface area (Å²) in [6.07, 6.45) is 0. The first kappa shape index (κ1) is 14.9. The molecule has 0 unspecified atom stereocenters. The lowest BCUT2D eigenvalue weighted by Gasteiger charge is -2.08. The Morgan fingerprint density at radius 2 is 1.81 bits per heavy atom. The SMILES string of the molecule is NCc1ccc([N+](=O)[O-])c(OCc2ccc(F)c(F)c2)c1. The molecular formula is C14H12F2N2O3. The van der Waals surface area contributed by atoms with Crippen LogP contribution in [-0.4, -0.2) is 4.92 Å². The standard InChI is InChI=1S/C14H12F2N2O3/c15-11-3-1-10(5-12(11)16)8-21-14-6-9(7-17)2-4-13(14)18(19)20/h1-6H,7-8,17H2. The van der Waals surface area contributed by atoms with E-state index in [1.807, 2.05) is 0 Å². The van der Waals surface area contributed by atoms with Crippen molar-refractivity contribution < 1.29 is 18.4 Å². The van der Waals surface area contributed by atoms with Crippen molar-refractivity contribution >= 4 is 5.69 Å². The minimum atomic E-state index is -0.999. The number of rotatable bonds is 5. The van der Waals surface area contributed by atoms with Crippen molar-refractivity contribution in [2.75, 3.05) is 0 Å². The maximum atomic E-state index is 13.1. The molecule has 0 aliphatic carbocycles. The molecule has 0 aliphatic heterocycles. The lowest BCUT2D eigenvalue weighted by molar-refractivity contribution is -0.386. The molecule has 2 aromatic carbocycles. The van der Waals surface area contributed by atoms with Crippen molar-refractivity contribution in [3.63, 3.8) is 0 Å². The second-order valence-corrected chi connectivity index (χ2v) is 4.30. The van der Waals surface area contributed by atoms with E-state index >= 15 is 0 Å². The average molecular weight is 294 g/mol. The maximum Gasteiger partial charge on any atom is 0.310 e. The zero-order valence-electron chi connectivity index (χ0n) is 10.9. The molecule has 0 aliphatic rings. The third-order valence-corrected chi connectivity index (χ3v) is 2.83. The Morgan fingerprint density at radius 3 is 2.43 bits per heavy atom. The normalized spacial score (nSPS) is 10.4. The molecule has 0 bridgehead atoms. The van der Waals surface area contributed by atoms with Crippen molar-refractivity contribution in [2.24, 2.45) is 5.73 Å². The van der Waals surface area contributed by atoms with Gasteiger partial charge >= 0.3 is 5.69 Å². The first-order chi connectivity index (χ1) is 10.0. The van der Waals surface area contributed by atoms with Crippen LogP contribution in [0.25, 0.3) is 0 Å². The highest BCUT2D eigenvalue weighted by atomic mass is 19.2. The second-order valence-electron chi connectivity index (χ2n) is 4.30. The predicted octanol–water partition coefficient (Wildman–Crippen LogP) is 2.91. The average Bonchev–Trinajstić information content (AvgIpc) is 2.48. The van der Waals surface area contributed by atoms with Crippen LogP contribution >= 0.6 is 0 Å². The zero-order chi connectivity index (χ0) is 15.4. The van der Waals surface area contributed by atoms with Crippen molar-refractivity contribution in [3.05, 3.63) is 69.3 Å². The summed E-state index contributed by atoms with van der Waals surface area (Å²) in [6.45, 7) is 0.0889. The Hall–Kier alpha value is -2.54. The van der Waals surface area contributed by atoms with E-state index in [0.717, 1.165) is 12.1 Å². The van der Waals surface area contributed by atoms with Gasteiger partial charge in [-0.25, -0.2) is 8.78 Å². The van der Waals surface area contributed by atoms with E-state index in [1.165, 1.54) is 24.3 Å². The summed E-state index contributed by atoms with van der Waals surface area (Å²) in [4.78, 5) is 10.3. The summed E-state index contributed by atoms with van der Waals surface area (Å²) in [7, 11) is 0. The van der Waals surface area contributed by atoms with Gasteiger partial charge in [-0.05, 0) is 29.3 Å². The molecule has 21 heavy (non-hydrogen) atoms. The van der Waals surface area contributed by atoms with E-state index in [1.54, 1.807) is 0 Å². The molecule has 0 saturated carbocycles. The molecule has 7 heteroatoms. The molecule has 2 aromatic rings. The predicted molar refractivity (Wildman–Crippen MR) is 71.7 cm³/mol. The molecule has 110 valence electrons. The van der Waals surface area contributed by atoms with Crippen LogP contribution in [0.2, 0.25) is 0 Å². The molecule has 0 saturated heterocycles. The Bertz CT molecular complexity index is 677. The van der Waals surface area contributed by atoms with Crippen molar-refractivity contribution in [2.45, 2.75) is 13.2 Å². The number of nitro groups is 1. The lowest BCUT2D eigenvalue weighted by Crippen LogP contribution is -2.02. The van der Waals surface area contributed by atoms with Crippen LogP contribution in [0.4, 0.5) is 14.5 Å². The van der Waals surface area contributed by atoms with Gasteiger partial charge in [0.05, 0.1) is 4.92 Å². The van der Waals surface area contributed by atoms with Crippen LogP contribution in [-0.2, 0) is 13.2 Å². The Kier molecular flexibility index (Phi) is 4.44. The molecule has 0 heterocycles. The van der Waals surface area contributed by atoms with Crippen molar-refractivity contribution in [1.82, 2.24) is 0 Å². The van der Waals surface area contributed by atoms with Crippen LogP contribution in [0.3, 0.4) is 0 Å².